The van der Waals surface area contributed by atoms with Crippen molar-refractivity contribution in [1.29, 1.82) is 0 Å². The Balaban J connectivity index is 1.80. The third kappa shape index (κ3) is 2.67. The number of thiazole rings is 1. The van der Waals surface area contributed by atoms with Crippen molar-refractivity contribution in [3.63, 3.8) is 0 Å². The summed E-state index contributed by atoms with van der Waals surface area (Å²) in [4.78, 5) is 4.43. The van der Waals surface area contributed by atoms with Gasteiger partial charge in [-0.25, -0.2) is 9.37 Å². The zero-order valence-corrected chi connectivity index (χ0v) is 11.6. The molecular formula is C15H12FN3S. The van der Waals surface area contributed by atoms with Gasteiger partial charge in [0.15, 0.2) is 0 Å². The van der Waals surface area contributed by atoms with E-state index in [1.54, 1.807) is 23.5 Å². The SMILES string of the molecule is C/C(=N/Nc1nc2ccccc2s1)c1ccc(F)cc1. The molecule has 3 rings (SSSR count). The standard InChI is InChI=1S/C15H12FN3S/c1-10(11-6-8-12(16)9-7-11)18-19-15-17-13-4-2-3-5-14(13)20-15/h2-9H,1H3,(H,17,19)/b18-10-. The number of hydrogen-bond donors (Lipinski definition) is 1. The van der Waals surface area contributed by atoms with Crippen molar-refractivity contribution in [1.82, 2.24) is 4.98 Å². The second-order valence-electron chi connectivity index (χ2n) is 4.30. The Bertz CT molecular complexity index is 729. The molecule has 0 unspecified atom stereocenters. The lowest BCUT2D eigenvalue weighted by Crippen LogP contribution is -1.99. The van der Waals surface area contributed by atoms with E-state index in [0.717, 1.165) is 26.6 Å². The summed E-state index contributed by atoms with van der Waals surface area (Å²) in [6.07, 6.45) is 0. The molecule has 20 heavy (non-hydrogen) atoms. The molecule has 0 saturated heterocycles. The molecule has 0 aliphatic heterocycles. The number of rotatable bonds is 3. The molecule has 1 aromatic heterocycles. The molecule has 0 spiro atoms. The van der Waals surface area contributed by atoms with E-state index < -0.39 is 0 Å². The summed E-state index contributed by atoms with van der Waals surface area (Å²) >= 11 is 1.55. The van der Waals surface area contributed by atoms with Gasteiger partial charge in [0.05, 0.1) is 15.9 Å². The minimum atomic E-state index is -0.249. The molecular weight excluding hydrogens is 273 g/mol. The second-order valence-corrected chi connectivity index (χ2v) is 5.33. The quantitative estimate of drug-likeness (QED) is 0.576. The molecule has 3 nitrogen and oxygen atoms in total. The molecule has 2 aromatic carbocycles. The number of aromatic nitrogens is 1. The van der Waals surface area contributed by atoms with Gasteiger partial charge in [-0.3, -0.25) is 5.43 Å². The zero-order valence-electron chi connectivity index (χ0n) is 10.8. The fourth-order valence-corrected chi connectivity index (χ4v) is 2.62. The minimum Gasteiger partial charge on any atom is -0.252 e. The Morgan fingerprint density at radius 1 is 1.15 bits per heavy atom. The predicted octanol–water partition coefficient (Wildman–Crippen LogP) is 4.27. The summed E-state index contributed by atoms with van der Waals surface area (Å²) in [6.45, 7) is 1.87. The lowest BCUT2D eigenvalue weighted by atomic mass is 10.1. The molecule has 100 valence electrons. The van der Waals surface area contributed by atoms with Gasteiger partial charge >= 0.3 is 0 Å². The van der Waals surface area contributed by atoms with Crippen LogP contribution in [0.15, 0.2) is 53.6 Å². The van der Waals surface area contributed by atoms with Crippen LogP contribution in [0.1, 0.15) is 12.5 Å². The average Bonchev–Trinajstić information content (AvgIpc) is 2.88. The number of hydrogen-bond acceptors (Lipinski definition) is 4. The smallest absolute Gasteiger partial charge is 0.204 e. The van der Waals surface area contributed by atoms with Crippen molar-refractivity contribution >= 4 is 32.4 Å². The number of halogens is 1. The molecule has 0 aliphatic rings. The Hall–Kier alpha value is -2.27. The molecule has 0 aliphatic carbocycles. The highest BCUT2D eigenvalue weighted by atomic mass is 32.1. The fourth-order valence-electron chi connectivity index (χ4n) is 1.81. The molecule has 0 atom stereocenters. The minimum absolute atomic E-state index is 0.249. The lowest BCUT2D eigenvalue weighted by molar-refractivity contribution is 0.628. The van der Waals surface area contributed by atoms with Crippen LogP contribution in [-0.4, -0.2) is 10.7 Å². The third-order valence-corrected chi connectivity index (χ3v) is 3.82. The van der Waals surface area contributed by atoms with Gasteiger partial charge in [0.1, 0.15) is 5.82 Å². The maximum Gasteiger partial charge on any atom is 0.204 e. The van der Waals surface area contributed by atoms with Crippen molar-refractivity contribution in [3.05, 3.63) is 59.9 Å². The van der Waals surface area contributed by atoms with E-state index in [4.69, 9.17) is 0 Å². The van der Waals surface area contributed by atoms with Crippen LogP contribution in [0.2, 0.25) is 0 Å². The summed E-state index contributed by atoms with van der Waals surface area (Å²) in [5.41, 5.74) is 5.56. The second kappa shape index (κ2) is 5.38. The Morgan fingerprint density at radius 3 is 2.65 bits per heavy atom. The third-order valence-electron chi connectivity index (χ3n) is 2.88. The highest BCUT2D eigenvalue weighted by Crippen LogP contribution is 2.25. The normalized spacial score (nSPS) is 11.8. The van der Waals surface area contributed by atoms with Crippen LogP contribution in [0.5, 0.6) is 0 Å². The van der Waals surface area contributed by atoms with Gasteiger partial charge < -0.3 is 0 Å². The predicted molar refractivity (Wildman–Crippen MR) is 81.9 cm³/mol. The highest BCUT2D eigenvalue weighted by molar-refractivity contribution is 7.22. The summed E-state index contributed by atoms with van der Waals surface area (Å²) < 4.78 is 14.0. The van der Waals surface area contributed by atoms with Crippen molar-refractivity contribution in [2.24, 2.45) is 5.10 Å². The number of fused-ring (bicyclic) bond motifs is 1. The molecule has 0 amide bonds. The van der Waals surface area contributed by atoms with Crippen LogP contribution in [0.4, 0.5) is 9.52 Å². The first kappa shape index (κ1) is 12.7. The fraction of sp³-hybridized carbons (Fsp3) is 0.0667. The van der Waals surface area contributed by atoms with Crippen LogP contribution in [0.25, 0.3) is 10.2 Å². The first-order chi connectivity index (χ1) is 9.72. The summed E-state index contributed by atoms with van der Waals surface area (Å²) in [7, 11) is 0. The molecule has 1 N–H and O–H groups in total. The van der Waals surface area contributed by atoms with Crippen molar-refractivity contribution in [2.75, 3.05) is 5.43 Å². The number of para-hydroxylation sites is 1. The molecule has 0 radical (unpaired) electrons. The van der Waals surface area contributed by atoms with Gasteiger partial charge in [-0.2, -0.15) is 5.10 Å². The summed E-state index contributed by atoms with van der Waals surface area (Å²) in [5.74, 6) is -0.249. The molecule has 5 heteroatoms. The van der Waals surface area contributed by atoms with Gasteiger partial charge in [0.2, 0.25) is 5.13 Å². The number of hydrazone groups is 1. The largest absolute Gasteiger partial charge is 0.252 e. The van der Waals surface area contributed by atoms with E-state index >= 15 is 0 Å². The Morgan fingerprint density at radius 2 is 1.90 bits per heavy atom. The highest BCUT2D eigenvalue weighted by Gasteiger charge is 2.02. The lowest BCUT2D eigenvalue weighted by Gasteiger charge is -2.00. The van der Waals surface area contributed by atoms with E-state index in [1.165, 1.54) is 12.1 Å². The monoisotopic (exact) mass is 285 g/mol. The van der Waals surface area contributed by atoms with Gasteiger partial charge in [-0.15, -0.1) is 0 Å². The van der Waals surface area contributed by atoms with Crippen molar-refractivity contribution in [2.45, 2.75) is 6.92 Å². The van der Waals surface area contributed by atoms with E-state index in [0.29, 0.717) is 0 Å². The maximum atomic E-state index is 12.9. The van der Waals surface area contributed by atoms with Gasteiger partial charge in [-0.05, 0) is 36.8 Å². The topological polar surface area (TPSA) is 37.3 Å². The first-order valence-electron chi connectivity index (χ1n) is 6.14. The average molecular weight is 285 g/mol. The van der Waals surface area contributed by atoms with E-state index in [1.807, 2.05) is 31.2 Å². The van der Waals surface area contributed by atoms with Crippen LogP contribution in [0.3, 0.4) is 0 Å². The molecule has 1 heterocycles. The van der Waals surface area contributed by atoms with Crippen LogP contribution in [0, 0.1) is 5.82 Å². The Kier molecular flexibility index (Phi) is 3.43. The Labute approximate surface area is 119 Å². The van der Waals surface area contributed by atoms with Gasteiger partial charge in [-0.1, -0.05) is 35.6 Å². The summed E-state index contributed by atoms with van der Waals surface area (Å²) in [5, 5.41) is 5.02. The first-order valence-corrected chi connectivity index (χ1v) is 6.96. The summed E-state index contributed by atoms with van der Waals surface area (Å²) in [6, 6.07) is 14.2. The molecule has 3 aromatic rings. The van der Waals surface area contributed by atoms with E-state index in [2.05, 4.69) is 15.5 Å². The molecule has 0 saturated carbocycles. The number of nitrogens with zero attached hydrogens (tertiary/aromatic N) is 2. The number of anilines is 1. The zero-order chi connectivity index (χ0) is 13.9. The van der Waals surface area contributed by atoms with E-state index in [-0.39, 0.29) is 5.82 Å². The maximum absolute atomic E-state index is 12.9. The van der Waals surface area contributed by atoms with Gasteiger partial charge in [0.25, 0.3) is 0 Å². The number of nitrogens with one attached hydrogen (secondary N) is 1. The van der Waals surface area contributed by atoms with Crippen LogP contribution >= 0.6 is 11.3 Å². The van der Waals surface area contributed by atoms with E-state index in [9.17, 15) is 4.39 Å². The van der Waals surface area contributed by atoms with Crippen molar-refractivity contribution in [3.8, 4) is 0 Å². The van der Waals surface area contributed by atoms with Crippen LogP contribution in [-0.2, 0) is 0 Å². The van der Waals surface area contributed by atoms with Gasteiger partial charge in [0, 0.05) is 0 Å². The van der Waals surface area contributed by atoms with Crippen molar-refractivity contribution < 1.29 is 4.39 Å². The number of benzene rings is 2. The molecule has 0 fully saturated rings. The van der Waals surface area contributed by atoms with Crippen LogP contribution < -0.4 is 5.43 Å². The molecule has 0 bridgehead atoms.